The molecule has 2 aromatic heterocycles. The molecule has 4 atom stereocenters. The van der Waals surface area contributed by atoms with Crippen molar-refractivity contribution >= 4 is 17.0 Å². The van der Waals surface area contributed by atoms with E-state index in [1.54, 1.807) is 0 Å². The summed E-state index contributed by atoms with van der Waals surface area (Å²) in [4.78, 5) is 11.5. The Morgan fingerprint density at radius 1 is 1.41 bits per heavy atom. The number of nitrogens with zero attached hydrogens (tertiary/aromatic N) is 4. The van der Waals surface area contributed by atoms with Crippen molar-refractivity contribution in [3.63, 3.8) is 0 Å². The third-order valence-electron chi connectivity index (χ3n) is 3.68. The Morgan fingerprint density at radius 3 is 2.73 bits per heavy atom. The number of hydrogen-bond donors (Lipinski definition) is 3. The molecule has 4 N–H and O–H groups in total. The van der Waals surface area contributed by atoms with Gasteiger partial charge in [0.05, 0.1) is 12.9 Å². The molecule has 0 aliphatic carbocycles. The molecule has 0 amide bonds. The van der Waals surface area contributed by atoms with Gasteiger partial charge in [0, 0.05) is 0 Å². The molecule has 120 valence electrons. The Kier molecular flexibility index (Phi) is 3.42. The second-order valence-corrected chi connectivity index (χ2v) is 4.90. The van der Waals surface area contributed by atoms with Gasteiger partial charge in [-0.3, -0.25) is 4.57 Å². The molecule has 1 aliphatic rings. The van der Waals surface area contributed by atoms with E-state index in [9.17, 15) is 18.3 Å². The average molecular weight is 319 g/mol. The molecule has 0 spiro atoms. The summed E-state index contributed by atoms with van der Waals surface area (Å²) in [6.07, 6.45) is -7.06. The van der Waals surface area contributed by atoms with Crippen molar-refractivity contribution in [3.8, 4) is 0 Å². The fraction of sp³-hybridized carbons (Fsp3) is 0.545. The lowest BCUT2D eigenvalue weighted by Gasteiger charge is -2.27. The van der Waals surface area contributed by atoms with Crippen LogP contribution in [0.15, 0.2) is 12.7 Å². The molecule has 4 unspecified atom stereocenters. The SMILES string of the molecule is Nc1ncnc2c1ncn2C1OC(CO)(C(F)F)C(F)C1O. The van der Waals surface area contributed by atoms with Crippen LogP contribution in [0.4, 0.5) is 19.0 Å². The zero-order valence-corrected chi connectivity index (χ0v) is 11.0. The van der Waals surface area contributed by atoms with Gasteiger partial charge < -0.3 is 20.7 Å². The van der Waals surface area contributed by atoms with Crippen LogP contribution in [0.1, 0.15) is 6.23 Å². The number of aliphatic hydroxyl groups is 2. The highest BCUT2D eigenvalue weighted by Gasteiger charge is 2.61. The lowest BCUT2D eigenvalue weighted by Crippen LogP contribution is -2.49. The van der Waals surface area contributed by atoms with Crippen LogP contribution >= 0.6 is 0 Å². The van der Waals surface area contributed by atoms with Crippen LogP contribution in [-0.2, 0) is 4.74 Å². The lowest BCUT2D eigenvalue weighted by atomic mass is 9.98. The molecule has 0 aromatic carbocycles. The van der Waals surface area contributed by atoms with E-state index >= 15 is 0 Å². The van der Waals surface area contributed by atoms with Gasteiger partial charge in [0.25, 0.3) is 6.43 Å². The van der Waals surface area contributed by atoms with Gasteiger partial charge in [-0.2, -0.15) is 0 Å². The second kappa shape index (κ2) is 5.04. The van der Waals surface area contributed by atoms with E-state index in [0.717, 1.165) is 17.2 Å². The van der Waals surface area contributed by atoms with Crippen LogP contribution in [0, 0.1) is 0 Å². The predicted molar refractivity (Wildman–Crippen MR) is 66.6 cm³/mol. The summed E-state index contributed by atoms with van der Waals surface area (Å²) in [5.41, 5.74) is 3.04. The third kappa shape index (κ3) is 1.86. The summed E-state index contributed by atoms with van der Waals surface area (Å²) in [5.74, 6) is 0.0373. The minimum Gasteiger partial charge on any atom is -0.393 e. The van der Waals surface area contributed by atoms with Crippen molar-refractivity contribution in [2.45, 2.75) is 30.5 Å². The number of rotatable bonds is 3. The van der Waals surface area contributed by atoms with E-state index < -0.39 is 37.1 Å². The Labute approximate surface area is 121 Å². The van der Waals surface area contributed by atoms with Gasteiger partial charge in [-0.15, -0.1) is 0 Å². The monoisotopic (exact) mass is 319 g/mol. The van der Waals surface area contributed by atoms with Crippen molar-refractivity contribution in [3.05, 3.63) is 12.7 Å². The summed E-state index contributed by atoms with van der Waals surface area (Å²) >= 11 is 0. The molecule has 1 fully saturated rings. The van der Waals surface area contributed by atoms with E-state index in [-0.39, 0.29) is 17.0 Å². The molecule has 0 saturated carbocycles. The number of alkyl halides is 3. The van der Waals surface area contributed by atoms with Crippen molar-refractivity contribution in [1.82, 2.24) is 19.5 Å². The molecule has 3 heterocycles. The standard InChI is InChI=1S/C11H12F3N5O3/c12-6-5(21)9(22-11(6,1-20)10(13)14)19-3-18-4-7(15)16-2-17-8(4)19/h2-3,5-6,9-10,20-21H,1H2,(H2,15,16,17). The molecule has 2 aromatic rings. The highest BCUT2D eigenvalue weighted by Crippen LogP contribution is 2.43. The number of fused-ring (bicyclic) bond motifs is 1. The second-order valence-electron chi connectivity index (χ2n) is 4.90. The molecule has 11 heteroatoms. The summed E-state index contributed by atoms with van der Waals surface area (Å²) in [6, 6.07) is 0. The molecule has 0 bridgehead atoms. The molecule has 0 radical (unpaired) electrons. The van der Waals surface area contributed by atoms with Crippen LogP contribution in [0.2, 0.25) is 0 Å². The summed E-state index contributed by atoms with van der Waals surface area (Å²) < 4.78 is 46.4. The summed E-state index contributed by atoms with van der Waals surface area (Å²) in [5, 5.41) is 19.0. The number of hydrogen-bond acceptors (Lipinski definition) is 7. The molecule has 22 heavy (non-hydrogen) atoms. The van der Waals surface area contributed by atoms with Crippen LogP contribution in [0.3, 0.4) is 0 Å². The number of halogens is 3. The minimum atomic E-state index is -3.33. The fourth-order valence-electron chi connectivity index (χ4n) is 2.44. The van der Waals surface area contributed by atoms with Crippen molar-refractivity contribution in [2.75, 3.05) is 12.3 Å². The first kappa shape index (κ1) is 14.9. The molecule has 3 rings (SSSR count). The molecular weight excluding hydrogens is 307 g/mol. The number of anilines is 1. The highest BCUT2D eigenvalue weighted by atomic mass is 19.3. The first-order chi connectivity index (χ1) is 10.4. The van der Waals surface area contributed by atoms with E-state index in [2.05, 4.69) is 15.0 Å². The zero-order chi connectivity index (χ0) is 16.1. The van der Waals surface area contributed by atoms with Crippen LogP contribution in [0.25, 0.3) is 11.2 Å². The Hall–Kier alpha value is -1.98. The zero-order valence-electron chi connectivity index (χ0n) is 11.0. The number of nitrogens with two attached hydrogens (primary N) is 1. The first-order valence-corrected chi connectivity index (χ1v) is 6.24. The quantitative estimate of drug-likeness (QED) is 0.706. The fourth-order valence-corrected chi connectivity index (χ4v) is 2.44. The largest absolute Gasteiger partial charge is 0.393 e. The van der Waals surface area contributed by atoms with Gasteiger partial charge in [-0.05, 0) is 0 Å². The van der Waals surface area contributed by atoms with Crippen LogP contribution < -0.4 is 5.73 Å². The van der Waals surface area contributed by atoms with Gasteiger partial charge >= 0.3 is 0 Å². The Bertz CT molecular complexity index is 699. The van der Waals surface area contributed by atoms with Gasteiger partial charge in [0.1, 0.15) is 17.9 Å². The van der Waals surface area contributed by atoms with Crippen molar-refractivity contribution < 1.29 is 28.1 Å². The number of nitrogen functional groups attached to an aromatic ring is 1. The maximum atomic E-state index is 14.1. The van der Waals surface area contributed by atoms with Gasteiger partial charge in [0.15, 0.2) is 29.5 Å². The summed E-state index contributed by atoms with van der Waals surface area (Å²) in [7, 11) is 0. The van der Waals surface area contributed by atoms with E-state index in [4.69, 9.17) is 15.6 Å². The van der Waals surface area contributed by atoms with Crippen LogP contribution in [0.5, 0.6) is 0 Å². The number of aromatic nitrogens is 4. The smallest absolute Gasteiger partial charge is 0.272 e. The van der Waals surface area contributed by atoms with Gasteiger partial charge in [-0.1, -0.05) is 0 Å². The maximum Gasteiger partial charge on any atom is 0.272 e. The molecule has 1 saturated heterocycles. The topological polar surface area (TPSA) is 119 Å². The van der Waals surface area contributed by atoms with Crippen molar-refractivity contribution in [1.29, 1.82) is 0 Å². The molecule has 8 nitrogen and oxygen atoms in total. The average Bonchev–Trinajstić information content (AvgIpc) is 3.02. The third-order valence-corrected chi connectivity index (χ3v) is 3.68. The normalized spacial score (nSPS) is 32.2. The first-order valence-electron chi connectivity index (χ1n) is 6.24. The number of aliphatic hydroxyl groups excluding tert-OH is 2. The van der Waals surface area contributed by atoms with Gasteiger partial charge in [-0.25, -0.2) is 28.1 Å². The Morgan fingerprint density at radius 2 is 2.14 bits per heavy atom. The molecule has 1 aliphatic heterocycles. The lowest BCUT2D eigenvalue weighted by molar-refractivity contribution is -0.185. The maximum absolute atomic E-state index is 14.1. The van der Waals surface area contributed by atoms with Crippen LogP contribution in [-0.4, -0.2) is 60.6 Å². The number of imidazole rings is 1. The summed E-state index contributed by atoms with van der Waals surface area (Å²) in [6.45, 7) is -1.29. The minimum absolute atomic E-state index is 0.0373. The van der Waals surface area contributed by atoms with E-state index in [0.29, 0.717) is 0 Å². The highest BCUT2D eigenvalue weighted by molar-refractivity contribution is 5.81. The molecular formula is C11H12F3N5O3. The van der Waals surface area contributed by atoms with E-state index in [1.807, 2.05) is 0 Å². The van der Waals surface area contributed by atoms with Crippen molar-refractivity contribution in [2.24, 2.45) is 0 Å². The predicted octanol–water partition coefficient (Wildman–Crippen LogP) is -0.368. The number of ether oxygens (including phenoxy) is 1. The van der Waals surface area contributed by atoms with Gasteiger partial charge in [0.2, 0.25) is 0 Å². The van der Waals surface area contributed by atoms with E-state index in [1.165, 1.54) is 0 Å². The Balaban J connectivity index is 2.06.